The van der Waals surface area contributed by atoms with Crippen molar-refractivity contribution in [3.05, 3.63) is 53.9 Å². The topological polar surface area (TPSA) is 144 Å². The number of carbonyl (C=O) groups excluding carboxylic acids is 1. The third-order valence-corrected chi connectivity index (χ3v) is 8.97. The highest BCUT2D eigenvalue weighted by atomic mass is 32.2. The van der Waals surface area contributed by atoms with E-state index < -0.39 is 32.1 Å². The Bertz CT molecular complexity index is 1400. The van der Waals surface area contributed by atoms with Crippen molar-refractivity contribution in [1.29, 1.82) is 0 Å². The third-order valence-electron chi connectivity index (χ3n) is 6.46. The Hall–Kier alpha value is -3.62. The zero-order valence-corrected chi connectivity index (χ0v) is 22.1. The van der Waals surface area contributed by atoms with E-state index in [1.165, 1.54) is 48.7 Å². The Labute approximate surface area is 223 Å². The lowest BCUT2D eigenvalue weighted by Crippen LogP contribution is -2.54. The van der Waals surface area contributed by atoms with E-state index in [4.69, 9.17) is 19.2 Å². The van der Waals surface area contributed by atoms with Gasteiger partial charge in [0.05, 0.1) is 11.5 Å². The first-order valence-electron chi connectivity index (χ1n) is 12.1. The van der Waals surface area contributed by atoms with Gasteiger partial charge in [-0.25, -0.2) is 22.7 Å². The Morgan fingerprint density at radius 3 is 2.38 bits per heavy atom. The zero-order valence-electron chi connectivity index (χ0n) is 21.3. The summed E-state index contributed by atoms with van der Waals surface area (Å²) in [5.41, 5.74) is 1.47. The molecule has 210 valence electrons. The van der Waals surface area contributed by atoms with Gasteiger partial charge in [-0.05, 0) is 55.7 Å². The van der Waals surface area contributed by atoms with E-state index in [1.807, 2.05) is 0 Å². The van der Waals surface area contributed by atoms with Crippen LogP contribution in [0.25, 0.3) is 11.4 Å². The summed E-state index contributed by atoms with van der Waals surface area (Å²) in [6.07, 6.45) is 0.635. The number of amides is 1. The fourth-order valence-electron chi connectivity index (χ4n) is 4.37. The van der Waals surface area contributed by atoms with Crippen molar-refractivity contribution in [3.8, 4) is 17.1 Å². The van der Waals surface area contributed by atoms with Gasteiger partial charge in [-0.2, -0.15) is 4.98 Å². The number of hydrogen-bond acceptors (Lipinski definition) is 10. The second kappa shape index (κ2) is 11.6. The number of ether oxygens (including phenoxy) is 2. The molecule has 11 nitrogen and oxygen atoms in total. The Morgan fingerprint density at radius 2 is 1.79 bits per heavy atom. The van der Waals surface area contributed by atoms with Crippen LogP contribution in [0.3, 0.4) is 0 Å². The molecule has 0 aliphatic carbocycles. The third kappa shape index (κ3) is 5.72. The van der Waals surface area contributed by atoms with Gasteiger partial charge < -0.3 is 18.9 Å². The van der Waals surface area contributed by atoms with E-state index in [9.17, 15) is 22.0 Å². The summed E-state index contributed by atoms with van der Waals surface area (Å²) < 4.78 is 69.4. The van der Waals surface area contributed by atoms with Crippen LogP contribution in [0.1, 0.15) is 25.2 Å². The van der Waals surface area contributed by atoms with E-state index in [-0.39, 0.29) is 60.5 Å². The second-order valence-electron chi connectivity index (χ2n) is 9.17. The molecule has 2 aromatic carbocycles. The van der Waals surface area contributed by atoms with Crippen LogP contribution in [-0.2, 0) is 25.8 Å². The van der Waals surface area contributed by atoms with Gasteiger partial charge in [-0.1, -0.05) is 5.16 Å². The monoisotopic (exact) mass is 566 g/mol. The van der Waals surface area contributed by atoms with Crippen LogP contribution in [0.2, 0.25) is 0 Å². The highest BCUT2D eigenvalue weighted by Crippen LogP contribution is 2.36. The number of halogens is 2. The molecule has 0 spiro atoms. The maximum atomic E-state index is 14.3. The van der Waals surface area contributed by atoms with Crippen molar-refractivity contribution in [2.24, 2.45) is 0 Å². The van der Waals surface area contributed by atoms with Crippen LogP contribution in [0.4, 0.5) is 14.5 Å². The largest absolute Gasteiger partial charge is 0.494 e. The van der Waals surface area contributed by atoms with Gasteiger partial charge in [0, 0.05) is 39.3 Å². The van der Waals surface area contributed by atoms with Crippen LogP contribution in [0.15, 0.2) is 45.8 Å². The SMILES string of the molecule is CN(C)c1c(F)cc(-c2noc(CCCOc3ccc(S(=O)(=O)C4(C(=O)NO)CCOCC4)cc3)n2)cc1F. The Kier molecular flexibility index (Phi) is 8.47. The first-order valence-corrected chi connectivity index (χ1v) is 13.6. The molecule has 3 aromatic rings. The summed E-state index contributed by atoms with van der Waals surface area (Å²) >= 11 is 0. The average molecular weight is 567 g/mol. The lowest BCUT2D eigenvalue weighted by atomic mass is 9.98. The molecule has 1 amide bonds. The van der Waals surface area contributed by atoms with Crippen molar-refractivity contribution in [2.75, 3.05) is 38.8 Å². The standard InChI is InChI=1S/C25H28F2N4O7S/c1-31(2)22-19(26)14-16(15-20(22)27)23-28-21(38-30-23)4-3-11-37-17-5-7-18(8-6-17)39(34,35)25(24(32)29-33)9-12-36-13-10-25/h5-8,14-15,33H,3-4,9-13H2,1-2H3,(H,29,32). The molecular formula is C25H28F2N4O7S. The maximum absolute atomic E-state index is 14.3. The smallest absolute Gasteiger partial charge is 0.265 e. The van der Waals surface area contributed by atoms with Crippen LogP contribution in [-0.4, -0.2) is 68.3 Å². The molecule has 0 bridgehead atoms. The van der Waals surface area contributed by atoms with Gasteiger partial charge in [0.25, 0.3) is 5.91 Å². The van der Waals surface area contributed by atoms with Crippen LogP contribution in [0.5, 0.6) is 5.75 Å². The molecule has 4 rings (SSSR count). The van der Waals surface area contributed by atoms with Crippen molar-refractivity contribution < 1.29 is 41.2 Å². The molecule has 39 heavy (non-hydrogen) atoms. The molecule has 14 heteroatoms. The first-order chi connectivity index (χ1) is 18.6. The van der Waals surface area contributed by atoms with E-state index in [0.717, 1.165) is 12.1 Å². The number of carbonyl (C=O) groups is 1. The minimum atomic E-state index is -4.13. The first kappa shape index (κ1) is 28.4. The zero-order chi connectivity index (χ0) is 28.2. The quantitative estimate of drug-likeness (QED) is 0.214. The minimum Gasteiger partial charge on any atom is -0.494 e. The van der Waals surface area contributed by atoms with E-state index in [2.05, 4.69) is 10.1 Å². The molecule has 0 saturated carbocycles. The molecule has 0 unspecified atom stereocenters. The van der Waals surface area contributed by atoms with Gasteiger partial charge in [-0.15, -0.1) is 0 Å². The fraction of sp³-hybridized carbons (Fsp3) is 0.400. The molecule has 0 atom stereocenters. The predicted octanol–water partition coefficient (Wildman–Crippen LogP) is 2.92. The number of hydroxylamine groups is 1. The molecular weight excluding hydrogens is 538 g/mol. The van der Waals surface area contributed by atoms with Crippen molar-refractivity contribution in [1.82, 2.24) is 15.6 Å². The number of nitrogens with one attached hydrogen (secondary N) is 1. The molecule has 1 fully saturated rings. The second-order valence-corrected chi connectivity index (χ2v) is 11.4. The summed E-state index contributed by atoms with van der Waals surface area (Å²) in [6.45, 7) is 0.385. The number of sulfone groups is 1. The van der Waals surface area contributed by atoms with Crippen LogP contribution < -0.4 is 15.1 Å². The number of anilines is 1. The number of benzene rings is 2. The van der Waals surface area contributed by atoms with Gasteiger partial charge in [0.15, 0.2) is 14.6 Å². The molecule has 2 N–H and O–H groups in total. The normalized spacial score (nSPS) is 15.1. The molecule has 1 aromatic heterocycles. The summed E-state index contributed by atoms with van der Waals surface area (Å²) in [6, 6.07) is 7.91. The van der Waals surface area contributed by atoms with Gasteiger partial charge in [-0.3, -0.25) is 10.0 Å². The summed E-state index contributed by atoms with van der Waals surface area (Å²) in [5, 5.41) is 12.9. The van der Waals surface area contributed by atoms with E-state index in [0.29, 0.717) is 18.6 Å². The summed E-state index contributed by atoms with van der Waals surface area (Å²) in [4.78, 5) is 17.8. The molecule has 0 radical (unpaired) electrons. The molecule has 1 aliphatic heterocycles. The lowest BCUT2D eigenvalue weighted by molar-refractivity contribution is -0.134. The van der Waals surface area contributed by atoms with Gasteiger partial charge in [0.2, 0.25) is 11.7 Å². The number of nitrogens with zero attached hydrogens (tertiary/aromatic N) is 3. The minimum absolute atomic E-state index is 0.0583. The highest BCUT2D eigenvalue weighted by Gasteiger charge is 2.52. The number of hydrogen-bond donors (Lipinski definition) is 2. The van der Waals surface area contributed by atoms with Gasteiger partial charge >= 0.3 is 0 Å². The van der Waals surface area contributed by atoms with E-state index >= 15 is 0 Å². The van der Waals surface area contributed by atoms with Crippen molar-refractivity contribution in [3.63, 3.8) is 0 Å². The number of rotatable bonds is 10. The van der Waals surface area contributed by atoms with Crippen molar-refractivity contribution in [2.45, 2.75) is 35.3 Å². The fourth-order valence-corrected chi connectivity index (χ4v) is 6.31. The molecule has 1 aliphatic rings. The van der Waals surface area contributed by atoms with Crippen LogP contribution in [0, 0.1) is 11.6 Å². The number of aryl methyl sites for hydroxylation is 1. The molecule has 2 heterocycles. The Balaban J connectivity index is 1.34. The van der Waals surface area contributed by atoms with Crippen LogP contribution >= 0.6 is 0 Å². The predicted molar refractivity (Wildman–Crippen MR) is 134 cm³/mol. The average Bonchev–Trinajstić information content (AvgIpc) is 3.39. The van der Waals surface area contributed by atoms with E-state index in [1.54, 1.807) is 0 Å². The molecule has 1 saturated heterocycles. The highest BCUT2D eigenvalue weighted by molar-refractivity contribution is 7.93. The maximum Gasteiger partial charge on any atom is 0.265 e. The lowest BCUT2D eigenvalue weighted by Gasteiger charge is -2.34. The number of aromatic nitrogens is 2. The summed E-state index contributed by atoms with van der Waals surface area (Å²) in [5.74, 6) is -1.75. The Morgan fingerprint density at radius 1 is 1.15 bits per heavy atom. The van der Waals surface area contributed by atoms with Gasteiger partial charge in [0.1, 0.15) is 23.1 Å². The summed E-state index contributed by atoms with van der Waals surface area (Å²) in [7, 11) is -1.06. The van der Waals surface area contributed by atoms with Crippen molar-refractivity contribution >= 4 is 21.4 Å².